The molecule has 0 unspecified atom stereocenters. The molecule has 0 radical (unpaired) electrons. The standard InChI is InChI=1S/C17H29N3O5S2/c1-27(24,25)20-13(9-11-5-3-2-4-6-11)16(22)19-14(17(23)26)10-12-7-8-18-15(12)21/h11-14,20H,2-10H2,1H3,(H,18,21)(H,19,22)(H,23,26)/t12-,13-,14-/m0/s1. The van der Waals surface area contributed by atoms with Crippen molar-refractivity contribution >= 4 is 39.6 Å². The van der Waals surface area contributed by atoms with Gasteiger partial charge in [0.25, 0.3) is 0 Å². The second-order valence-electron chi connectivity index (χ2n) is 7.59. The Balaban J connectivity index is 2.04. The minimum atomic E-state index is -3.59. The first-order valence-corrected chi connectivity index (χ1v) is 11.8. The van der Waals surface area contributed by atoms with E-state index in [0.717, 1.165) is 38.4 Å². The summed E-state index contributed by atoms with van der Waals surface area (Å²) < 4.78 is 25.8. The maximum absolute atomic E-state index is 12.7. The van der Waals surface area contributed by atoms with E-state index in [1.165, 1.54) is 0 Å². The van der Waals surface area contributed by atoms with Gasteiger partial charge < -0.3 is 10.6 Å². The summed E-state index contributed by atoms with van der Waals surface area (Å²) >= 11 is 3.83. The predicted molar refractivity (Wildman–Crippen MR) is 105 cm³/mol. The van der Waals surface area contributed by atoms with E-state index in [9.17, 15) is 22.8 Å². The zero-order valence-corrected chi connectivity index (χ0v) is 17.3. The van der Waals surface area contributed by atoms with Gasteiger partial charge in [0.05, 0.1) is 12.3 Å². The quantitative estimate of drug-likeness (QED) is 0.402. The molecule has 1 heterocycles. The van der Waals surface area contributed by atoms with Crippen molar-refractivity contribution in [3.8, 4) is 0 Å². The molecule has 2 aliphatic rings. The fourth-order valence-electron chi connectivity index (χ4n) is 3.87. The van der Waals surface area contributed by atoms with E-state index in [1.54, 1.807) is 0 Å². The fourth-order valence-corrected chi connectivity index (χ4v) is 4.76. The van der Waals surface area contributed by atoms with E-state index in [1.807, 2.05) is 0 Å². The van der Waals surface area contributed by atoms with Crippen LogP contribution in [0.15, 0.2) is 0 Å². The first kappa shape index (κ1) is 22.2. The highest BCUT2D eigenvalue weighted by Crippen LogP contribution is 2.27. The van der Waals surface area contributed by atoms with Crippen LogP contribution in [-0.2, 0) is 24.4 Å². The van der Waals surface area contributed by atoms with E-state index >= 15 is 0 Å². The maximum Gasteiger partial charge on any atom is 0.238 e. The van der Waals surface area contributed by atoms with Crippen LogP contribution in [0.5, 0.6) is 0 Å². The highest BCUT2D eigenvalue weighted by molar-refractivity contribution is 7.96. The average Bonchev–Trinajstić information content (AvgIpc) is 2.98. The third-order valence-corrected chi connectivity index (χ3v) is 6.29. The molecule has 1 aliphatic heterocycles. The van der Waals surface area contributed by atoms with Crippen LogP contribution in [0.25, 0.3) is 0 Å². The van der Waals surface area contributed by atoms with Crippen molar-refractivity contribution in [3.63, 3.8) is 0 Å². The number of nitrogens with one attached hydrogen (secondary N) is 3. The van der Waals surface area contributed by atoms with Gasteiger partial charge in [-0.1, -0.05) is 32.1 Å². The van der Waals surface area contributed by atoms with Crippen molar-refractivity contribution < 1.29 is 22.8 Å². The second-order valence-corrected chi connectivity index (χ2v) is 9.81. The van der Waals surface area contributed by atoms with Gasteiger partial charge in [-0.2, -0.15) is 0 Å². The van der Waals surface area contributed by atoms with Crippen LogP contribution >= 0.6 is 12.6 Å². The summed E-state index contributed by atoms with van der Waals surface area (Å²) in [6, 6.07) is -1.86. The number of carbonyl (C=O) groups excluding carboxylic acids is 3. The fraction of sp³-hybridized carbons (Fsp3) is 0.824. The van der Waals surface area contributed by atoms with Crippen molar-refractivity contribution in [1.29, 1.82) is 0 Å². The predicted octanol–water partition coefficient (Wildman–Crippen LogP) is 0.342. The van der Waals surface area contributed by atoms with E-state index in [4.69, 9.17) is 0 Å². The molecule has 2 fully saturated rings. The van der Waals surface area contributed by atoms with E-state index in [2.05, 4.69) is 28.0 Å². The van der Waals surface area contributed by atoms with Crippen LogP contribution in [0.3, 0.4) is 0 Å². The van der Waals surface area contributed by atoms with Crippen LogP contribution in [0, 0.1) is 11.8 Å². The molecule has 0 aromatic heterocycles. The SMILES string of the molecule is CS(=O)(=O)N[C@@H](CC1CCCCC1)C(=O)N[C@@H](C[C@@H]1CCNC1=O)C(=O)S. The van der Waals surface area contributed by atoms with Gasteiger partial charge in [-0.25, -0.2) is 13.1 Å². The lowest BCUT2D eigenvalue weighted by Crippen LogP contribution is -2.52. The van der Waals surface area contributed by atoms with Crippen LogP contribution in [-0.4, -0.2) is 50.2 Å². The number of thiol groups is 1. The number of sulfonamides is 1. The lowest BCUT2D eigenvalue weighted by Gasteiger charge is -2.27. The highest BCUT2D eigenvalue weighted by atomic mass is 32.2. The van der Waals surface area contributed by atoms with Crippen molar-refractivity contribution in [2.45, 2.75) is 63.5 Å². The minimum Gasteiger partial charge on any atom is -0.356 e. The number of hydrogen-bond acceptors (Lipinski definition) is 5. The Morgan fingerprint density at radius 1 is 1.15 bits per heavy atom. The van der Waals surface area contributed by atoms with E-state index < -0.39 is 33.1 Å². The van der Waals surface area contributed by atoms with Gasteiger partial charge >= 0.3 is 0 Å². The second kappa shape index (κ2) is 9.88. The molecular weight excluding hydrogens is 390 g/mol. The lowest BCUT2D eigenvalue weighted by molar-refractivity contribution is -0.128. The van der Waals surface area contributed by atoms with Gasteiger partial charge in [0, 0.05) is 12.5 Å². The number of rotatable bonds is 9. The molecule has 0 spiro atoms. The average molecular weight is 420 g/mol. The first-order chi connectivity index (χ1) is 12.7. The Morgan fingerprint density at radius 2 is 1.81 bits per heavy atom. The Kier molecular flexibility index (Phi) is 8.11. The van der Waals surface area contributed by atoms with E-state index in [0.29, 0.717) is 19.4 Å². The Labute approximate surface area is 166 Å². The molecule has 10 heteroatoms. The Bertz CT molecular complexity index is 661. The molecule has 154 valence electrons. The number of carbonyl (C=O) groups is 3. The zero-order chi connectivity index (χ0) is 20.0. The molecule has 3 N–H and O–H groups in total. The largest absolute Gasteiger partial charge is 0.356 e. The smallest absolute Gasteiger partial charge is 0.238 e. The van der Waals surface area contributed by atoms with Gasteiger partial charge in [0.15, 0.2) is 0 Å². The summed E-state index contributed by atoms with van der Waals surface area (Å²) in [5.41, 5.74) is 0. The van der Waals surface area contributed by atoms with Gasteiger partial charge in [0.1, 0.15) is 6.04 Å². The molecule has 0 aromatic carbocycles. The van der Waals surface area contributed by atoms with Crippen molar-refractivity contribution in [1.82, 2.24) is 15.4 Å². The lowest BCUT2D eigenvalue weighted by atomic mass is 9.85. The van der Waals surface area contributed by atoms with Gasteiger partial charge in [-0.3, -0.25) is 14.4 Å². The number of hydrogen-bond donors (Lipinski definition) is 4. The summed E-state index contributed by atoms with van der Waals surface area (Å²) in [5, 5.41) is 4.76. The molecule has 0 bridgehead atoms. The van der Waals surface area contributed by atoms with Crippen molar-refractivity contribution in [3.05, 3.63) is 0 Å². The molecule has 2 rings (SSSR count). The molecule has 3 atom stereocenters. The normalized spacial score (nSPS) is 23.5. The number of amides is 2. The van der Waals surface area contributed by atoms with Crippen LogP contribution in [0.2, 0.25) is 0 Å². The van der Waals surface area contributed by atoms with Gasteiger partial charge in [-0.05, 0) is 25.2 Å². The topological polar surface area (TPSA) is 121 Å². The zero-order valence-electron chi connectivity index (χ0n) is 15.6. The minimum absolute atomic E-state index is 0.142. The Hall–Kier alpha value is -1.13. The van der Waals surface area contributed by atoms with Gasteiger partial charge in [-0.15, -0.1) is 12.6 Å². The summed E-state index contributed by atoms with van der Waals surface area (Å²) in [6.07, 6.45) is 7.41. The molecule has 1 aliphatic carbocycles. The molecule has 0 aromatic rings. The molecule has 1 saturated heterocycles. The van der Waals surface area contributed by atoms with E-state index in [-0.39, 0.29) is 24.2 Å². The van der Waals surface area contributed by atoms with Gasteiger partial charge in [0.2, 0.25) is 27.0 Å². The van der Waals surface area contributed by atoms with Crippen molar-refractivity contribution in [2.24, 2.45) is 11.8 Å². The summed E-state index contributed by atoms with van der Waals surface area (Å²) in [4.78, 5) is 36.3. The van der Waals surface area contributed by atoms with Crippen molar-refractivity contribution in [2.75, 3.05) is 12.8 Å². The molecule has 27 heavy (non-hydrogen) atoms. The van der Waals surface area contributed by atoms with Crippen LogP contribution < -0.4 is 15.4 Å². The third kappa shape index (κ3) is 7.42. The Morgan fingerprint density at radius 3 is 2.33 bits per heavy atom. The van der Waals surface area contributed by atoms with Crippen LogP contribution in [0.4, 0.5) is 0 Å². The molecule has 2 amide bonds. The maximum atomic E-state index is 12.7. The third-order valence-electron chi connectivity index (χ3n) is 5.26. The highest BCUT2D eigenvalue weighted by Gasteiger charge is 2.33. The summed E-state index contributed by atoms with van der Waals surface area (Å²) in [7, 11) is -3.59. The molecular formula is C17H29N3O5S2. The molecule has 1 saturated carbocycles. The summed E-state index contributed by atoms with van der Waals surface area (Å²) in [6.45, 7) is 0.546. The van der Waals surface area contributed by atoms with Crippen LogP contribution in [0.1, 0.15) is 51.4 Å². The monoisotopic (exact) mass is 419 g/mol. The summed E-state index contributed by atoms with van der Waals surface area (Å²) in [5.74, 6) is -0.769. The first-order valence-electron chi connectivity index (χ1n) is 9.44. The molecule has 8 nitrogen and oxygen atoms in total.